The van der Waals surface area contributed by atoms with E-state index in [0.717, 1.165) is 18.8 Å². The summed E-state index contributed by atoms with van der Waals surface area (Å²) in [6.07, 6.45) is 0. The van der Waals surface area contributed by atoms with Crippen molar-refractivity contribution < 1.29 is 9.59 Å². The Morgan fingerprint density at radius 3 is 2.71 bits per heavy atom. The second-order valence-electron chi connectivity index (χ2n) is 3.35. The van der Waals surface area contributed by atoms with E-state index in [1.54, 1.807) is 18.7 Å². The van der Waals surface area contributed by atoms with Crippen molar-refractivity contribution >= 4 is 23.7 Å². The molecule has 0 aromatic rings. The summed E-state index contributed by atoms with van der Waals surface area (Å²) in [7, 11) is 0. The van der Waals surface area contributed by atoms with Gasteiger partial charge in [0.15, 0.2) is 0 Å². The molecule has 6 heteroatoms. The van der Waals surface area contributed by atoms with E-state index < -0.39 is 6.03 Å². The molecule has 3 amide bonds. The largest absolute Gasteiger partial charge is 0.351 e. The molecule has 0 bridgehead atoms. The molecule has 0 spiro atoms. The SMILES string of the molecule is CC(SCC1CNC1)C(=O)NC(N)=O. The molecule has 1 rings (SSSR count). The van der Waals surface area contributed by atoms with E-state index in [-0.39, 0.29) is 11.2 Å². The minimum atomic E-state index is -0.784. The zero-order chi connectivity index (χ0) is 10.6. The van der Waals surface area contributed by atoms with Gasteiger partial charge in [0.1, 0.15) is 0 Å². The summed E-state index contributed by atoms with van der Waals surface area (Å²) in [6, 6.07) is -0.784. The standard InChI is InChI=1S/C8H15N3O2S/c1-5(7(12)11-8(9)13)14-4-6-2-10-3-6/h5-6,10H,2-4H2,1H3,(H3,9,11,12,13). The van der Waals surface area contributed by atoms with Gasteiger partial charge in [0.25, 0.3) is 0 Å². The Bertz CT molecular complexity index is 231. The summed E-state index contributed by atoms with van der Waals surface area (Å²) in [5, 5.41) is 5.00. The van der Waals surface area contributed by atoms with Crippen LogP contribution in [-0.2, 0) is 4.79 Å². The molecule has 5 nitrogen and oxygen atoms in total. The van der Waals surface area contributed by atoms with E-state index in [1.807, 2.05) is 0 Å². The zero-order valence-electron chi connectivity index (χ0n) is 8.08. The van der Waals surface area contributed by atoms with Crippen LogP contribution in [0.4, 0.5) is 4.79 Å². The summed E-state index contributed by atoms with van der Waals surface area (Å²) >= 11 is 1.55. The molecule has 1 saturated heterocycles. The third-order valence-electron chi connectivity index (χ3n) is 2.06. The van der Waals surface area contributed by atoms with Crippen molar-refractivity contribution in [1.82, 2.24) is 10.6 Å². The molecule has 1 fully saturated rings. The van der Waals surface area contributed by atoms with Gasteiger partial charge in [0.05, 0.1) is 5.25 Å². The third-order valence-corrected chi connectivity index (χ3v) is 3.44. The van der Waals surface area contributed by atoms with Gasteiger partial charge in [-0.1, -0.05) is 0 Å². The van der Waals surface area contributed by atoms with E-state index in [9.17, 15) is 9.59 Å². The van der Waals surface area contributed by atoms with E-state index >= 15 is 0 Å². The summed E-state index contributed by atoms with van der Waals surface area (Å²) in [6.45, 7) is 3.82. The molecule has 0 aromatic carbocycles. The smallest absolute Gasteiger partial charge is 0.318 e. The first kappa shape index (κ1) is 11.3. The van der Waals surface area contributed by atoms with Gasteiger partial charge in [-0.05, 0) is 31.7 Å². The Balaban J connectivity index is 2.15. The van der Waals surface area contributed by atoms with Crippen molar-refractivity contribution in [2.75, 3.05) is 18.8 Å². The van der Waals surface area contributed by atoms with Crippen molar-refractivity contribution in [3.63, 3.8) is 0 Å². The molecular formula is C8H15N3O2S. The average Bonchev–Trinajstić information content (AvgIpc) is 1.99. The molecule has 0 aromatic heterocycles. The maximum absolute atomic E-state index is 11.2. The van der Waals surface area contributed by atoms with E-state index in [1.165, 1.54) is 0 Å². The molecular weight excluding hydrogens is 202 g/mol. The molecule has 0 saturated carbocycles. The quantitative estimate of drug-likeness (QED) is 0.594. The number of urea groups is 1. The van der Waals surface area contributed by atoms with Gasteiger partial charge in [-0.2, -0.15) is 0 Å². The molecule has 80 valence electrons. The molecule has 1 aliphatic heterocycles. The van der Waals surface area contributed by atoms with Crippen LogP contribution >= 0.6 is 11.8 Å². The highest BCUT2D eigenvalue weighted by Gasteiger charge is 2.20. The number of carbonyl (C=O) groups is 2. The lowest BCUT2D eigenvalue weighted by molar-refractivity contribution is -0.119. The molecule has 0 radical (unpaired) electrons. The number of hydrogen-bond donors (Lipinski definition) is 3. The number of nitrogens with one attached hydrogen (secondary N) is 2. The number of carbonyl (C=O) groups excluding carboxylic acids is 2. The highest BCUT2D eigenvalue weighted by molar-refractivity contribution is 8.00. The van der Waals surface area contributed by atoms with Crippen molar-refractivity contribution in [1.29, 1.82) is 0 Å². The van der Waals surface area contributed by atoms with Crippen LogP contribution < -0.4 is 16.4 Å². The second kappa shape index (κ2) is 5.21. The van der Waals surface area contributed by atoms with Gasteiger partial charge in [-0.3, -0.25) is 10.1 Å². The number of primary amides is 1. The summed E-state index contributed by atoms with van der Waals surface area (Å²) in [5.41, 5.74) is 4.83. The number of rotatable bonds is 4. The Hall–Kier alpha value is -0.750. The summed E-state index contributed by atoms with van der Waals surface area (Å²) < 4.78 is 0. The lowest BCUT2D eigenvalue weighted by atomic mass is 10.1. The first-order valence-corrected chi connectivity index (χ1v) is 5.57. The molecule has 1 atom stereocenters. The lowest BCUT2D eigenvalue weighted by Crippen LogP contribution is -2.44. The monoisotopic (exact) mass is 217 g/mol. The van der Waals surface area contributed by atoms with Crippen LogP contribution in [0.1, 0.15) is 6.92 Å². The maximum Gasteiger partial charge on any atom is 0.318 e. The van der Waals surface area contributed by atoms with Crippen molar-refractivity contribution in [3.8, 4) is 0 Å². The molecule has 0 aliphatic carbocycles. The Morgan fingerprint density at radius 2 is 2.29 bits per heavy atom. The number of nitrogens with two attached hydrogens (primary N) is 1. The summed E-state index contributed by atoms with van der Waals surface area (Å²) in [4.78, 5) is 21.6. The topological polar surface area (TPSA) is 84.2 Å². The van der Waals surface area contributed by atoms with Crippen LogP contribution in [0.25, 0.3) is 0 Å². The highest BCUT2D eigenvalue weighted by atomic mass is 32.2. The zero-order valence-corrected chi connectivity index (χ0v) is 8.89. The fourth-order valence-corrected chi connectivity index (χ4v) is 2.05. The van der Waals surface area contributed by atoms with Crippen LogP contribution in [0.2, 0.25) is 0 Å². The third kappa shape index (κ3) is 3.55. The fraction of sp³-hybridized carbons (Fsp3) is 0.750. The predicted molar refractivity (Wildman–Crippen MR) is 56.0 cm³/mol. The highest BCUT2D eigenvalue weighted by Crippen LogP contribution is 2.17. The number of amides is 3. The molecule has 1 aliphatic rings. The number of hydrogen-bond acceptors (Lipinski definition) is 4. The van der Waals surface area contributed by atoms with Crippen LogP contribution in [0.15, 0.2) is 0 Å². The summed E-state index contributed by atoms with van der Waals surface area (Å²) in [5.74, 6) is 1.29. The van der Waals surface area contributed by atoms with Gasteiger partial charge < -0.3 is 11.1 Å². The number of thioether (sulfide) groups is 1. The molecule has 14 heavy (non-hydrogen) atoms. The first-order valence-electron chi connectivity index (χ1n) is 4.52. The molecule has 1 heterocycles. The van der Waals surface area contributed by atoms with Crippen LogP contribution in [0.5, 0.6) is 0 Å². The van der Waals surface area contributed by atoms with Gasteiger partial charge in [0, 0.05) is 0 Å². The van der Waals surface area contributed by atoms with Gasteiger partial charge in [-0.15, -0.1) is 11.8 Å². The van der Waals surface area contributed by atoms with Gasteiger partial charge >= 0.3 is 6.03 Å². The fourth-order valence-electron chi connectivity index (χ4n) is 1.05. The second-order valence-corrected chi connectivity index (χ2v) is 4.73. The van der Waals surface area contributed by atoms with Gasteiger partial charge in [-0.25, -0.2) is 4.79 Å². The van der Waals surface area contributed by atoms with Crippen molar-refractivity contribution in [2.24, 2.45) is 11.7 Å². The maximum atomic E-state index is 11.2. The Morgan fingerprint density at radius 1 is 1.64 bits per heavy atom. The van der Waals surface area contributed by atoms with E-state index in [2.05, 4.69) is 10.6 Å². The Kier molecular flexibility index (Phi) is 4.21. The van der Waals surface area contributed by atoms with Gasteiger partial charge in [0.2, 0.25) is 5.91 Å². The Labute approximate surface area is 87.2 Å². The predicted octanol–water partition coefficient (Wildman–Crippen LogP) is -0.478. The molecule has 1 unspecified atom stereocenters. The van der Waals surface area contributed by atoms with E-state index in [0.29, 0.717) is 5.92 Å². The number of imide groups is 1. The van der Waals surface area contributed by atoms with Crippen LogP contribution in [0, 0.1) is 5.92 Å². The average molecular weight is 217 g/mol. The molecule has 4 N–H and O–H groups in total. The first-order chi connectivity index (χ1) is 6.59. The van der Waals surface area contributed by atoms with Crippen LogP contribution in [0.3, 0.4) is 0 Å². The lowest BCUT2D eigenvalue weighted by Gasteiger charge is -2.27. The van der Waals surface area contributed by atoms with Crippen molar-refractivity contribution in [3.05, 3.63) is 0 Å². The van der Waals surface area contributed by atoms with Crippen molar-refractivity contribution in [2.45, 2.75) is 12.2 Å². The minimum absolute atomic E-state index is 0.219. The van der Waals surface area contributed by atoms with E-state index in [4.69, 9.17) is 5.73 Å². The van der Waals surface area contributed by atoms with Crippen LogP contribution in [-0.4, -0.2) is 36.0 Å². The minimum Gasteiger partial charge on any atom is -0.351 e. The normalized spacial score (nSPS) is 18.4.